The van der Waals surface area contributed by atoms with Gasteiger partial charge < -0.3 is 20.1 Å². The molecule has 2 N–H and O–H groups in total. The van der Waals surface area contributed by atoms with Gasteiger partial charge in [-0.25, -0.2) is 0 Å². The van der Waals surface area contributed by atoms with Crippen molar-refractivity contribution in [2.45, 2.75) is 18.9 Å². The standard InChI is InChI=1S/C15H21ClN2O3/c16-12-3-1-5-14(9-12)21-11-15(20)18(7-8-19)10-13-4-2-6-17-13/h1,3,5,9,13,17,19H,2,4,6-8,10-11H2. The van der Waals surface area contributed by atoms with Crippen molar-refractivity contribution in [2.24, 2.45) is 0 Å². The van der Waals surface area contributed by atoms with Crippen molar-refractivity contribution in [1.29, 1.82) is 0 Å². The zero-order chi connectivity index (χ0) is 15.1. The van der Waals surface area contributed by atoms with Gasteiger partial charge in [0, 0.05) is 24.2 Å². The molecule has 21 heavy (non-hydrogen) atoms. The van der Waals surface area contributed by atoms with E-state index < -0.39 is 0 Å². The van der Waals surface area contributed by atoms with E-state index in [1.807, 2.05) is 0 Å². The van der Waals surface area contributed by atoms with Gasteiger partial charge in [-0.15, -0.1) is 0 Å². The van der Waals surface area contributed by atoms with Crippen molar-refractivity contribution in [1.82, 2.24) is 10.2 Å². The predicted molar refractivity (Wildman–Crippen MR) is 81.6 cm³/mol. The highest BCUT2D eigenvalue weighted by Crippen LogP contribution is 2.17. The molecule has 0 aliphatic carbocycles. The lowest BCUT2D eigenvalue weighted by Crippen LogP contribution is -2.44. The number of carbonyl (C=O) groups is 1. The van der Waals surface area contributed by atoms with Gasteiger partial charge in [0.05, 0.1) is 6.61 Å². The Morgan fingerprint density at radius 3 is 3.05 bits per heavy atom. The van der Waals surface area contributed by atoms with Crippen LogP contribution in [-0.4, -0.2) is 54.8 Å². The molecule has 0 bridgehead atoms. The quantitative estimate of drug-likeness (QED) is 0.796. The van der Waals surface area contributed by atoms with Gasteiger partial charge in [-0.1, -0.05) is 17.7 Å². The lowest BCUT2D eigenvalue weighted by atomic mass is 10.2. The SMILES string of the molecule is O=C(COc1cccc(Cl)c1)N(CCO)CC1CCCN1. The molecule has 1 aliphatic rings. The minimum absolute atomic E-state index is 0.0460. The van der Waals surface area contributed by atoms with Crippen LogP contribution in [0.2, 0.25) is 5.02 Å². The fraction of sp³-hybridized carbons (Fsp3) is 0.533. The molecule has 1 aromatic carbocycles. The highest BCUT2D eigenvalue weighted by Gasteiger charge is 2.21. The Bertz CT molecular complexity index is 464. The maximum Gasteiger partial charge on any atom is 0.260 e. The molecule has 1 aliphatic heterocycles. The molecule has 116 valence electrons. The smallest absolute Gasteiger partial charge is 0.260 e. The maximum absolute atomic E-state index is 12.2. The average Bonchev–Trinajstić information content (AvgIpc) is 2.97. The minimum Gasteiger partial charge on any atom is -0.484 e. The first-order chi connectivity index (χ1) is 10.2. The van der Waals surface area contributed by atoms with Gasteiger partial charge >= 0.3 is 0 Å². The average molecular weight is 313 g/mol. The van der Waals surface area contributed by atoms with Gasteiger partial charge in [0.15, 0.2) is 6.61 Å². The van der Waals surface area contributed by atoms with Crippen molar-refractivity contribution in [3.8, 4) is 5.75 Å². The summed E-state index contributed by atoms with van der Waals surface area (Å²) in [6.07, 6.45) is 2.19. The Morgan fingerprint density at radius 1 is 1.52 bits per heavy atom. The van der Waals surface area contributed by atoms with Gasteiger partial charge in [-0.05, 0) is 37.6 Å². The minimum atomic E-state index is -0.127. The lowest BCUT2D eigenvalue weighted by molar-refractivity contribution is -0.134. The monoisotopic (exact) mass is 312 g/mol. The molecule has 1 fully saturated rings. The summed E-state index contributed by atoms with van der Waals surface area (Å²) in [6, 6.07) is 7.26. The number of halogens is 1. The Kier molecular flexibility index (Phi) is 6.29. The maximum atomic E-state index is 12.2. The first kappa shape index (κ1) is 16.1. The third-order valence-corrected chi connectivity index (χ3v) is 3.72. The van der Waals surface area contributed by atoms with Crippen LogP contribution < -0.4 is 10.1 Å². The Morgan fingerprint density at radius 2 is 2.38 bits per heavy atom. The third-order valence-electron chi connectivity index (χ3n) is 3.48. The summed E-state index contributed by atoms with van der Waals surface area (Å²) in [5.41, 5.74) is 0. The molecule has 0 saturated carbocycles. The molecule has 0 aromatic heterocycles. The number of hydrogen-bond donors (Lipinski definition) is 2. The highest BCUT2D eigenvalue weighted by atomic mass is 35.5. The molecule has 1 heterocycles. The van der Waals surface area contributed by atoms with Crippen molar-refractivity contribution >= 4 is 17.5 Å². The molecule has 5 nitrogen and oxygen atoms in total. The fourth-order valence-corrected chi connectivity index (χ4v) is 2.59. The van der Waals surface area contributed by atoms with E-state index in [0.29, 0.717) is 29.9 Å². The number of ether oxygens (including phenoxy) is 1. The summed E-state index contributed by atoms with van der Waals surface area (Å²) in [6.45, 7) is 1.84. The van der Waals surface area contributed by atoms with Crippen LogP contribution in [0.1, 0.15) is 12.8 Å². The van der Waals surface area contributed by atoms with Gasteiger partial charge in [-0.3, -0.25) is 4.79 Å². The number of aliphatic hydroxyl groups excluding tert-OH is 1. The van der Waals surface area contributed by atoms with Crippen LogP contribution in [-0.2, 0) is 4.79 Å². The van der Waals surface area contributed by atoms with E-state index in [0.717, 1.165) is 19.4 Å². The number of hydrogen-bond acceptors (Lipinski definition) is 4. The number of amides is 1. The Hall–Kier alpha value is -1.30. The Labute approximate surface area is 129 Å². The normalized spacial score (nSPS) is 17.7. The van der Waals surface area contributed by atoms with Crippen LogP contribution in [0.25, 0.3) is 0 Å². The molecule has 1 saturated heterocycles. The summed E-state index contributed by atoms with van der Waals surface area (Å²) in [4.78, 5) is 13.9. The van der Waals surface area contributed by atoms with E-state index in [4.69, 9.17) is 21.4 Å². The van der Waals surface area contributed by atoms with E-state index >= 15 is 0 Å². The van der Waals surface area contributed by atoms with Crippen LogP contribution in [0.3, 0.4) is 0 Å². The van der Waals surface area contributed by atoms with Crippen molar-refractivity contribution in [3.63, 3.8) is 0 Å². The number of nitrogens with one attached hydrogen (secondary N) is 1. The lowest BCUT2D eigenvalue weighted by Gasteiger charge is -2.25. The molecule has 1 aromatic rings. The zero-order valence-corrected chi connectivity index (χ0v) is 12.7. The van der Waals surface area contributed by atoms with Crippen molar-refractivity contribution < 1.29 is 14.6 Å². The second-order valence-electron chi connectivity index (χ2n) is 5.10. The van der Waals surface area contributed by atoms with Crippen molar-refractivity contribution in [2.75, 3.05) is 32.8 Å². The fourth-order valence-electron chi connectivity index (χ4n) is 2.41. The van der Waals surface area contributed by atoms with E-state index in [1.165, 1.54) is 0 Å². The molecular weight excluding hydrogens is 292 g/mol. The predicted octanol–water partition coefficient (Wildman–Crippen LogP) is 1.29. The molecule has 0 spiro atoms. The van der Waals surface area contributed by atoms with E-state index in [-0.39, 0.29) is 19.1 Å². The summed E-state index contributed by atoms with van der Waals surface area (Å²) in [5.74, 6) is 0.441. The van der Waals surface area contributed by atoms with Crippen LogP contribution in [0, 0.1) is 0 Å². The van der Waals surface area contributed by atoms with E-state index in [1.54, 1.807) is 29.2 Å². The van der Waals surface area contributed by atoms with Gasteiger partial charge in [0.2, 0.25) is 0 Å². The molecule has 6 heteroatoms. The highest BCUT2D eigenvalue weighted by molar-refractivity contribution is 6.30. The number of carbonyl (C=O) groups excluding carboxylic acids is 1. The molecular formula is C15H21ClN2O3. The van der Waals surface area contributed by atoms with Gasteiger partial charge in [0.25, 0.3) is 5.91 Å². The largest absolute Gasteiger partial charge is 0.484 e. The zero-order valence-electron chi connectivity index (χ0n) is 11.9. The number of aliphatic hydroxyl groups is 1. The number of rotatable bonds is 7. The van der Waals surface area contributed by atoms with Gasteiger partial charge in [-0.2, -0.15) is 0 Å². The summed E-state index contributed by atoms with van der Waals surface area (Å²) in [7, 11) is 0. The Balaban J connectivity index is 1.85. The summed E-state index contributed by atoms with van der Waals surface area (Å²) < 4.78 is 5.46. The summed E-state index contributed by atoms with van der Waals surface area (Å²) >= 11 is 5.87. The molecule has 1 unspecified atom stereocenters. The first-order valence-corrected chi connectivity index (χ1v) is 7.57. The second-order valence-corrected chi connectivity index (χ2v) is 5.54. The van der Waals surface area contributed by atoms with Gasteiger partial charge in [0.1, 0.15) is 5.75 Å². The molecule has 1 atom stereocenters. The molecule has 2 rings (SSSR count). The summed E-state index contributed by atoms with van der Waals surface area (Å²) in [5, 5.41) is 13.0. The second kappa shape index (κ2) is 8.22. The molecule has 1 amide bonds. The first-order valence-electron chi connectivity index (χ1n) is 7.19. The molecule has 0 radical (unpaired) electrons. The number of nitrogens with zero attached hydrogens (tertiary/aromatic N) is 1. The van der Waals surface area contributed by atoms with Crippen LogP contribution in [0.4, 0.5) is 0 Å². The van der Waals surface area contributed by atoms with Crippen LogP contribution in [0.15, 0.2) is 24.3 Å². The van der Waals surface area contributed by atoms with E-state index in [9.17, 15) is 4.79 Å². The number of benzene rings is 1. The van der Waals surface area contributed by atoms with Crippen LogP contribution >= 0.6 is 11.6 Å². The topological polar surface area (TPSA) is 61.8 Å². The van der Waals surface area contributed by atoms with Crippen LogP contribution in [0.5, 0.6) is 5.75 Å². The van der Waals surface area contributed by atoms with Crippen molar-refractivity contribution in [3.05, 3.63) is 29.3 Å². The van der Waals surface area contributed by atoms with E-state index in [2.05, 4.69) is 5.32 Å². The third kappa shape index (κ3) is 5.19.